The lowest BCUT2D eigenvalue weighted by Gasteiger charge is -2.24. The molecule has 3 aromatic carbocycles. The number of aryl methyl sites for hydroxylation is 1. The first-order chi connectivity index (χ1) is 18.0. The van der Waals surface area contributed by atoms with Gasteiger partial charge in [0.15, 0.2) is 0 Å². The van der Waals surface area contributed by atoms with Gasteiger partial charge in [-0.05, 0) is 75.4 Å². The van der Waals surface area contributed by atoms with Gasteiger partial charge in [-0.25, -0.2) is 4.79 Å². The third kappa shape index (κ3) is 8.58. The average Bonchev–Trinajstić information content (AvgIpc) is 2.87. The molecule has 0 aliphatic rings. The first-order valence-corrected chi connectivity index (χ1v) is 12.3. The van der Waals surface area contributed by atoms with Gasteiger partial charge in [0.05, 0.1) is 10.5 Å². The largest absolute Gasteiger partial charge is 0.508 e. The third-order valence-electron chi connectivity index (χ3n) is 5.63. The van der Waals surface area contributed by atoms with Gasteiger partial charge >= 0.3 is 5.97 Å². The second-order valence-electron chi connectivity index (χ2n) is 9.89. The molecule has 0 radical (unpaired) electrons. The number of esters is 1. The monoisotopic (exact) mass is 516 g/mol. The van der Waals surface area contributed by atoms with Gasteiger partial charge in [0.1, 0.15) is 17.4 Å². The average molecular weight is 517 g/mol. The van der Waals surface area contributed by atoms with E-state index in [9.17, 15) is 24.8 Å². The lowest BCUT2D eigenvalue weighted by Crippen LogP contribution is -2.44. The van der Waals surface area contributed by atoms with Crippen LogP contribution < -0.4 is 5.32 Å². The Balaban J connectivity index is 1.79. The summed E-state index contributed by atoms with van der Waals surface area (Å²) in [6.45, 7) is 5.27. The van der Waals surface area contributed by atoms with E-state index in [0.29, 0.717) is 19.3 Å². The molecule has 2 N–H and O–H groups in total. The Kier molecular flexibility index (Phi) is 9.38. The summed E-state index contributed by atoms with van der Waals surface area (Å²) in [4.78, 5) is 37.1. The molecule has 0 fully saturated rings. The molecule has 38 heavy (non-hydrogen) atoms. The Hall–Kier alpha value is -4.46. The molecular weight excluding hydrogens is 484 g/mol. The normalized spacial score (nSPS) is 12.2. The number of phenols is 1. The number of nitro groups is 1. The minimum absolute atomic E-state index is 0.142. The fourth-order valence-electron chi connectivity index (χ4n) is 3.77. The molecule has 0 spiro atoms. The number of rotatable bonds is 10. The fraction of sp³-hybridized carbons (Fsp3) is 0.267. The molecule has 8 heteroatoms. The number of phenolic OH excluding ortho intramolecular Hbond substituents is 1. The molecule has 198 valence electrons. The molecule has 0 saturated carbocycles. The number of allylic oxidation sites excluding steroid dienone is 1. The molecule has 3 rings (SSSR count). The van der Waals surface area contributed by atoms with Crippen molar-refractivity contribution in [2.45, 2.75) is 51.7 Å². The van der Waals surface area contributed by atoms with Crippen molar-refractivity contribution in [3.63, 3.8) is 0 Å². The highest BCUT2D eigenvalue weighted by molar-refractivity contribution is 5.97. The second kappa shape index (κ2) is 12.7. The van der Waals surface area contributed by atoms with Gasteiger partial charge < -0.3 is 15.2 Å². The van der Waals surface area contributed by atoms with E-state index in [0.717, 1.165) is 11.1 Å². The summed E-state index contributed by atoms with van der Waals surface area (Å²) < 4.78 is 5.53. The molecule has 0 aliphatic heterocycles. The minimum atomic E-state index is -0.898. The molecule has 0 aromatic heterocycles. The van der Waals surface area contributed by atoms with Crippen molar-refractivity contribution < 1.29 is 24.4 Å². The maximum absolute atomic E-state index is 13.2. The number of ether oxygens (including phenoxy) is 1. The molecule has 1 amide bonds. The summed E-state index contributed by atoms with van der Waals surface area (Å²) in [5, 5.41) is 23.8. The Morgan fingerprint density at radius 3 is 2.34 bits per heavy atom. The summed E-state index contributed by atoms with van der Waals surface area (Å²) in [6.07, 6.45) is 4.70. The van der Waals surface area contributed by atoms with Crippen LogP contribution in [0.15, 0.2) is 78.9 Å². The molecule has 0 aliphatic carbocycles. The maximum atomic E-state index is 13.2. The van der Waals surface area contributed by atoms with E-state index < -0.39 is 28.4 Å². The number of hydrogen-bond donors (Lipinski definition) is 2. The van der Waals surface area contributed by atoms with Gasteiger partial charge in [-0.1, -0.05) is 54.6 Å². The predicted octanol–water partition coefficient (Wildman–Crippen LogP) is 5.63. The van der Waals surface area contributed by atoms with E-state index in [2.05, 4.69) is 5.32 Å². The van der Waals surface area contributed by atoms with Gasteiger partial charge in [-0.15, -0.1) is 0 Å². The molecule has 1 atom stereocenters. The smallest absolute Gasteiger partial charge is 0.329 e. The van der Waals surface area contributed by atoms with Gasteiger partial charge in [0, 0.05) is 11.6 Å². The SMILES string of the molecule is CC(C)(C)OC(=O)[C@H](CCc1ccccc1)NC(=O)c1ccc([N+](=O)[O-])c(C=CCc2ccc(O)cc2)c1. The summed E-state index contributed by atoms with van der Waals surface area (Å²) in [6, 6.07) is 19.4. The zero-order valence-corrected chi connectivity index (χ0v) is 21.7. The van der Waals surface area contributed by atoms with Crippen molar-refractivity contribution in [1.29, 1.82) is 0 Å². The zero-order chi connectivity index (χ0) is 27.7. The summed E-state index contributed by atoms with van der Waals surface area (Å²) >= 11 is 0. The molecule has 0 saturated heterocycles. The van der Waals surface area contributed by atoms with Crippen molar-refractivity contribution in [1.82, 2.24) is 5.32 Å². The van der Waals surface area contributed by atoms with Crippen molar-refractivity contribution >= 4 is 23.6 Å². The van der Waals surface area contributed by atoms with Crippen molar-refractivity contribution in [3.05, 3.63) is 111 Å². The Bertz CT molecular complexity index is 1290. The molecule has 8 nitrogen and oxygen atoms in total. The number of hydrogen-bond acceptors (Lipinski definition) is 6. The summed E-state index contributed by atoms with van der Waals surface area (Å²) in [5.74, 6) is -0.921. The van der Waals surface area contributed by atoms with E-state index in [-0.39, 0.29) is 22.6 Å². The molecular formula is C30H32N2O6. The van der Waals surface area contributed by atoms with Crippen molar-refractivity contribution in [2.75, 3.05) is 0 Å². The predicted molar refractivity (Wildman–Crippen MR) is 146 cm³/mol. The zero-order valence-electron chi connectivity index (χ0n) is 21.7. The van der Waals surface area contributed by atoms with E-state index in [4.69, 9.17) is 4.74 Å². The number of nitro benzene ring substituents is 1. The van der Waals surface area contributed by atoms with Crippen LogP contribution >= 0.6 is 0 Å². The van der Waals surface area contributed by atoms with Gasteiger partial charge in [0.2, 0.25) is 0 Å². The summed E-state index contributed by atoms with van der Waals surface area (Å²) in [7, 11) is 0. The van der Waals surface area contributed by atoms with Gasteiger partial charge in [-0.3, -0.25) is 14.9 Å². The number of nitrogens with one attached hydrogen (secondary N) is 1. The van der Waals surface area contributed by atoms with Crippen molar-refractivity contribution in [3.8, 4) is 5.75 Å². The summed E-state index contributed by atoms with van der Waals surface area (Å²) in [5.41, 5.74) is 1.51. The minimum Gasteiger partial charge on any atom is -0.508 e. The Labute approximate surface area is 222 Å². The standard InChI is InChI=1S/C30H32N2O6/c1-30(2,3)38-29(35)26(18-14-21-8-5-4-6-9-21)31-28(34)24-15-19-27(32(36)37)23(20-24)11-7-10-22-12-16-25(33)17-13-22/h4-9,11-13,15-17,19-20,26,33H,10,14,18H2,1-3H3,(H,31,34)/t26-/m0/s1. The number of carbonyl (C=O) groups is 2. The quantitative estimate of drug-likeness (QED) is 0.205. The number of carbonyl (C=O) groups excluding carboxylic acids is 2. The second-order valence-corrected chi connectivity index (χ2v) is 9.89. The first-order valence-electron chi connectivity index (χ1n) is 12.3. The highest BCUT2D eigenvalue weighted by Crippen LogP contribution is 2.23. The van der Waals surface area contributed by atoms with E-state index in [1.807, 2.05) is 30.3 Å². The number of benzene rings is 3. The van der Waals surface area contributed by atoms with Crippen LogP contribution in [-0.2, 0) is 22.4 Å². The maximum Gasteiger partial charge on any atom is 0.329 e. The highest BCUT2D eigenvalue weighted by atomic mass is 16.6. The lowest BCUT2D eigenvalue weighted by atomic mass is 10.0. The van der Waals surface area contributed by atoms with E-state index >= 15 is 0 Å². The first kappa shape index (κ1) is 28.1. The fourth-order valence-corrected chi connectivity index (χ4v) is 3.77. The number of nitrogens with zero attached hydrogens (tertiary/aromatic N) is 1. The van der Waals surface area contributed by atoms with Crippen LogP contribution in [0.4, 0.5) is 5.69 Å². The van der Waals surface area contributed by atoms with Crippen LogP contribution in [0, 0.1) is 10.1 Å². The van der Waals surface area contributed by atoms with Crippen molar-refractivity contribution in [2.24, 2.45) is 0 Å². The van der Waals surface area contributed by atoms with Crippen LogP contribution in [0.3, 0.4) is 0 Å². The number of aromatic hydroxyl groups is 1. The lowest BCUT2D eigenvalue weighted by molar-refractivity contribution is -0.385. The van der Waals surface area contributed by atoms with Crippen LogP contribution in [0.1, 0.15) is 54.2 Å². The van der Waals surface area contributed by atoms with E-state index in [1.54, 1.807) is 57.2 Å². The third-order valence-corrected chi connectivity index (χ3v) is 5.63. The molecule has 0 unspecified atom stereocenters. The van der Waals surface area contributed by atoms with Gasteiger partial charge in [-0.2, -0.15) is 0 Å². The van der Waals surface area contributed by atoms with Crippen LogP contribution in [0.2, 0.25) is 0 Å². The van der Waals surface area contributed by atoms with Crippen LogP contribution in [-0.4, -0.2) is 33.5 Å². The molecule has 0 heterocycles. The molecule has 0 bridgehead atoms. The number of amides is 1. The highest BCUT2D eigenvalue weighted by Gasteiger charge is 2.27. The Morgan fingerprint density at radius 2 is 1.71 bits per heavy atom. The molecule has 3 aromatic rings. The van der Waals surface area contributed by atoms with E-state index in [1.165, 1.54) is 18.2 Å². The Morgan fingerprint density at radius 1 is 1.03 bits per heavy atom. The topological polar surface area (TPSA) is 119 Å². The van der Waals surface area contributed by atoms with Crippen LogP contribution in [0.5, 0.6) is 5.75 Å². The van der Waals surface area contributed by atoms with Crippen LogP contribution in [0.25, 0.3) is 6.08 Å². The van der Waals surface area contributed by atoms with Gasteiger partial charge in [0.25, 0.3) is 11.6 Å².